The van der Waals surface area contributed by atoms with Crippen LogP contribution in [0, 0.1) is 5.82 Å². The Hall–Kier alpha value is -3.02. The Labute approximate surface area is 219 Å². The summed E-state index contributed by atoms with van der Waals surface area (Å²) in [6.45, 7) is 1.50. The monoisotopic (exact) mass is 538 g/mol. The van der Waals surface area contributed by atoms with E-state index in [1.807, 2.05) is 35.8 Å². The number of hydrogen-bond acceptors (Lipinski definition) is 7. The highest BCUT2D eigenvalue weighted by atomic mass is 19.4. The molecule has 0 saturated carbocycles. The van der Waals surface area contributed by atoms with Gasteiger partial charge in [0.2, 0.25) is 5.95 Å². The molecule has 0 amide bonds. The number of piperidine rings is 1. The Morgan fingerprint density at radius 2 is 1.92 bits per heavy atom. The van der Waals surface area contributed by atoms with Gasteiger partial charge >= 0.3 is 6.18 Å². The molecule has 1 saturated heterocycles. The average Bonchev–Trinajstić information content (AvgIpc) is 3.11. The van der Waals surface area contributed by atoms with Crippen molar-refractivity contribution in [3.05, 3.63) is 39.4 Å². The zero-order valence-electron chi connectivity index (χ0n) is 22.0. The van der Waals surface area contributed by atoms with Gasteiger partial charge in [0.25, 0.3) is 5.56 Å². The van der Waals surface area contributed by atoms with E-state index in [0.29, 0.717) is 68.4 Å². The highest BCUT2D eigenvalue weighted by Gasteiger charge is 2.49. The van der Waals surface area contributed by atoms with Gasteiger partial charge in [-0.2, -0.15) is 18.2 Å². The van der Waals surface area contributed by atoms with Crippen LogP contribution < -0.4 is 25.0 Å². The molecule has 1 fully saturated rings. The number of alkyl halides is 3. The number of benzene rings is 1. The molecule has 3 aliphatic rings. The number of ether oxygens (including phenoxy) is 1. The van der Waals surface area contributed by atoms with Gasteiger partial charge in [0.1, 0.15) is 30.5 Å². The lowest BCUT2D eigenvalue weighted by atomic mass is 9.74. The number of rotatable bonds is 6. The molecule has 5 rings (SSSR count). The minimum Gasteiger partial charge on any atom is -0.492 e. The fourth-order valence-corrected chi connectivity index (χ4v) is 5.98. The average molecular weight is 539 g/mol. The minimum absolute atomic E-state index is 0.0740. The third-order valence-corrected chi connectivity index (χ3v) is 7.87. The van der Waals surface area contributed by atoms with Crippen LogP contribution in [-0.2, 0) is 11.8 Å². The number of halogens is 4. The van der Waals surface area contributed by atoms with Gasteiger partial charge in [-0.05, 0) is 39.8 Å². The maximum absolute atomic E-state index is 15.6. The van der Waals surface area contributed by atoms with Crippen LogP contribution in [0.4, 0.5) is 35.0 Å². The van der Waals surface area contributed by atoms with Crippen LogP contribution in [0.15, 0.2) is 16.9 Å². The molecule has 208 valence electrons. The van der Waals surface area contributed by atoms with E-state index >= 15 is 4.39 Å². The molecule has 3 aliphatic heterocycles. The molecule has 0 aliphatic carbocycles. The first kappa shape index (κ1) is 26.6. The number of aromatic amines is 1. The molecule has 0 unspecified atom stereocenters. The topological polar surface area (TPSA) is 67.9 Å². The maximum Gasteiger partial charge on any atom is 0.405 e. The van der Waals surface area contributed by atoms with Gasteiger partial charge in [-0.3, -0.25) is 9.78 Å². The Morgan fingerprint density at radius 1 is 1.18 bits per heavy atom. The van der Waals surface area contributed by atoms with Crippen molar-refractivity contribution in [2.75, 3.05) is 81.7 Å². The van der Waals surface area contributed by atoms with Crippen molar-refractivity contribution in [3.63, 3.8) is 0 Å². The SMILES string of the molecule is CN(C)CCOc1cc(F)c2c(c1)N(CC(F)(F)F)CC21CCN(c2nc3c(c(=O)[nH]2)CCCN3C)CC1. The van der Waals surface area contributed by atoms with Crippen LogP contribution in [0.2, 0.25) is 0 Å². The molecule has 1 aromatic heterocycles. The summed E-state index contributed by atoms with van der Waals surface area (Å²) in [5.74, 6) is 0.811. The van der Waals surface area contributed by atoms with E-state index in [9.17, 15) is 18.0 Å². The quantitative estimate of drug-likeness (QED) is 0.567. The molecular formula is C26H34F4N6O2. The molecule has 12 heteroatoms. The lowest BCUT2D eigenvalue weighted by Crippen LogP contribution is -2.47. The zero-order valence-corrected chi connectivity index (χ0v) is 22.0. The molecule has 8 nitrogen and oxygen atoms in total. The van der Waals surface area contributed by atoms with E-state index in [4.69, 9.17) is 9.72 Å². The van der Waals surface area contributed by atoms with Crippen LogP contribution in [0.5, 0.6) is 5.75 Å². The summed E-state index contributed by atoms with van der Waals surface area (Å²) in [5.41, 5.74) is 0.321. The van der Waals surface area contributed by atoms with Crippen LogP contribution in [0.25, 0.3) is 0 Å². The largest absolute Gasteiger partial charge is 0.492 e. The van der Waals surface area contributed by atoms with Gasteiger partial charge in [0, 0.05) is 68.6 Å². The van der Waals surface area contributed by atoms with Crippen LogP contribution in [0.3, 0.4) is 0 Å². The fourth-order valence-electron chi connectivity index (χ4n) is 5.98. The highest BCUT2D eigenvalue weighted by Crippen LogP contribution is 2.50. The van der Waals surface area contributed by atoms with Crippen LogP contribution >= 0.6 is 0 Å². The van der Waals surface area contributed by atoms with E-state index in [0.717, 1.165) is 13.0 Å². The second-order valence-electron chi connectivity index (χ2n) is 10.9. The van der Waals surface area contributed by atoms with Crippen molar-refractivity contribution in [3.8, 4) is 5.75 Å². The van der Waals surface area contributed by atoms with Gasteiger partial charge in [-0.15, -0.1) is 0 Å². The fraction of sp³-hybridized carbons (Fsp3) is 0.615. The number of fused-ring (bicyclic) bond motifs is 3. The van der Waals surface area contributed by atoms with Gasteiger partial charge in [0.15, 0.2) is 0 Å². The molecule has 0 bridgehead atoms. The van der Waals surface area contributed by atoms with E-state index in [1.165, 1.54) is 11.0 Å². The molecule has 0 radical (unpaired) electrons. The second-order valence-corrected chi connectivity index (χ2v) is 10.9. The smallest absolute Gasteiger partial charge is 0.405 e. The Morgan fingerprint density at radius 3 is 2.61 bits per heavy atom. The molecule has 2 aromatic rings. The van der Waals surface area contributed by atoms with E-state index in [1.54, 1.807) is 6.07 Å². The number of hydrogen-bond donors (Lipinski definition) is 1. The van der Waals surface area contributed by atoms with Crippen LogP contribution in [0.1, 0.15) is 30.4 Å². The number of H-pyrrole nitrogens is 1. The zero-order chi connectivity index (χ0) is 27.2. The number of likely N-dealkylation sites (N-methyl/N-ethyl adjacent to an activating group) is 1. The molecule has 4 heterocycles. The first-order valence-electron chi connectivity index (χ1n) is 13.0. The number of nitrogens with one attached hydrogen (secondary N) is 1. The maximum atomic E-state index is 15.6. The van der Waals surface area contributed by atoms with Gasteiger partial charge in [0.05, 0.1) is 5.56 Å². The Balaban J connectivity index is 1.41. The molecule has 1 N–H and O–H groups in total. The van der Waals surface area contributed by atoms with E-state index < -0.39 is 24.0 Å². The predicted molar refractivity (Wildman–Crippen MR) is 138 cm³/mol. The lowest BCUT2D eigenvalue weighted by Gasteiger charge is -2.40. The van der Waals surface area contributed by atoms with Gasteiger partial charge in [-0.25, -0.2) is 4.39 Å². The molecular weight excluding hydrogens is 504 g/mol. The van der Waals surface area contributed by atoms with Crippen LogP contribution in [-0.4, -0.2) is 88.1 Å². The first-order valence-corrected chi connectivity index (χ1v) is 13.0. The Kier molecular flexibility index (Phi) is 6.95. The molecule has 0 atom stereocenters. The van der Waals surface area contributed by atoms with Crippen molar-refractivity contribution in [1.29, 1.82) is 0 Å². The predicted octanol–water partition coefficient (Wildman–Crippen LogP) is 3.15. The summed E-state index contributed by atoms with van der Waals surface area (Å²) in [6, 6.07) is 2.83. The normalized spacial score (nSPS) is 18.8. The standard InChI is InChI=1S/C26H34F4N6O2/c1-33(2)11-12-38-17-13-19(27)21-20(14-17)36(16-26(28,29)30)15-25(21)6-9-35(10-7-25)24-31-22-18(23(37)32-24)5-4-8-34(22)3/h13-14H,4-12,15-16H2,1-3H3,(H,31,32,37). The number of nitrogens with zero attached hydrogens (tertiary/aromatic N) is 5. The summed E-state index contributed by atoms with van der Waals surface area (Å²) in [7, 11) is 5.66. The van der Waals surface area contributed by atoms with E-state index in [2.05, 4.69) is 4.98 Å². The minimum atomic E-state index is -4.43. The second kappa shape index (κ2) is 9.94. The van der Waals surface area contributed by atoms with Crippen molar-refractivity contribution >= 4 is 17.5 Å². The van der Waals surface area contributed by atoms with Gasteiger partial charge < -0.3 is 24.3 Å². The summed E-state index contributed by atoms with van der Waals surface area (Å²) < 4.78 is 61.8. The Bertz CT molecular complexity index is 1240. The number of aromatic nitrogens is 2. The summed E-state index contributed by atoms with van der Waals surface area (Å²) >= 11 is 0. The number of anilines is 3. The van der Waals surface area contributed by atoms with E-state index in [-0.39, 0.29) is 23.5 Å². The summed E-state index contributed by atoms with van der Waals surface area (Å²) in [5, 5.41) is 0. The van der Waals surface area contributed by atoms with Crippen molar-refractivity contribution in [1.82, 2.24) is 14.9 Å². The first-order chi connectivity index (χ1) is 18.0. The lowest BCUT2D eigenvalue weighted by molar-refractivity contribution is -0.119. The molecule has 1 spiro atoms. The van der Waals surface area contributed by atoms with Crippen molar-refractivity contribution in [2.45, 2.75) is 37.3 Å². The summed E-state index contributed by atoms with van der Waals surface area (Å²) in [4.78, 5) is 27.4. The van der Waals surface area contributed by atoms with Gasteiger partial charge in [-0.1, -0.05) is 0 Å². The van der Waals surface area contributed by atoms with Crippen molar-refractivity contribution in [2.24, 2.45) is 0 Å². The third-order valence-electron chi connectivity index (χ3n) is 7.87. The third kappa shape index (κ3) is 5.14. The highest BCUT2D eigenvalue weighted by molar-refractivity contribution is 5.66. The summed E-state index contributed by atoms with van der Waals surface area (Å²) in [6.07, 6.45) is -2.00. The molecule has 38 heavy (non-hydrogen) atoms. The van der Waals surface area contributed by atoms with Crippen molar-refractivity contribution < 1.29 is 22.3 Å². The molecule has 1 aromatic carbocycles.